The maximum atomic E-state index is 12.5. The quantitative estimate of drug-likeness (QED) is 0.773. The smallest absolute Gasteiger partial charge is 0.239 e. The van der Waals surface area contributed by atoms with Gasteiger partial charge in [-0.2, -0.15) is 0 Å². The topological polar surface area (TPSA) is 75.4 Å². The highest BCUT2D eigenvalue weighted by Crippen LogP contribution is 2.29. The lowest BCUT2D eigenvalue weighted by Crippen LogP contribution is -2.46. The van der Waals surface area contributed by atoms with E-state index >= 15 is 0 Å². The molecule has 3 N–H and O–H groups in total. The second kappa shape index (κ2) is 7.48. The second-order valence-corrected chi connectivity index (χ2v) is 5.58. The van der Waals surface area contributed by atoms with Crippen LogP contribution in [-0.2, 0) is 9.59 Å². The molecule has 0 saturated heterocycles. The first-order chi connectivity index (χ1) is 8.99. The van der Waals surface area contributed by atoms with Crippen molar-refractivity contribution < 1.29 is 9.59 Å². The van der Waals surface area contributed by atoms with Gasteiger partial charge < -0.3 is 16.0 Å². The summed E-state index contributed by atoms with van der Waals surface area (Å²) >= 11 is 0. The van der Waals surface area contributed by atoms with Crippen molar-refractivity contribution >= 4 is 11.8 Å². The van der Waals surface area contributed by atoms with E-state index in [2.05, 4.69) is 12.2 Å². The van der Waals surface area contributed by atoms with Crippen molar-refractivity contribution in [2.45, 2.75) is 45.6 Å². The molecule has 0 aromatic rings. The van der Waals surface area contributed by atoms with Crippen molar-refractivity contribution in [1.82, 2.24) is 10.2 Å². The minimum atomic E-state index is -0.115. The minimum absolute atomic E-state index is 0.0117. The standard InChI is InChI=1S/C14H27N3O2/c1-4-7-17(9-13(18)16-3)14(19)11-6-5-10(2)12(15)8-11/h10-12H,4-9,15H2,1-3H3,(H,16,18). The molecular weight excluding hydrogens is 242 g/mol. The summed E-state index contributed by atoms with van der Waals surface area (Å²) < 4.78 is 0. The average molecular weight is 269 g/mol. The van der Waals surface area contributed by atoms with Crippen molar-refractivity contribution in [2.75, 3.05) is 20.1 Å². The van der Waals surface area contributed by atoms with Crippen LogP contribution in [0, 0.1) is 11.8 Å². The molecule has 1 saturated carbocycles. The van der Waals surface area contributed by atoms with E-state index in [0.29, 0.717) is 12.5 Å². The van der Waals surface area contributed by atoms with Gasteiger partial charge in [0.05, 0.1) is 6.54 Å². The molecule has 0 aromatic heterocycles. The summed E-state index contributed by atoms with van der Waals surface area (Å²) in [6.07, 6.45) is 3.49. The monoisotopic (exact) mass is 269 g/mol. The first kappa shape index (κ1) is 16.0. The van der Waals surface area contributed by atoms with Gasteiger partial charge in [-0.05, 0) is 31.6 Å². The number of rotatable bonds is 5. The molecule has 110 valence electrons. The first-order valence-corrected chi connectivity index (χ1v) is 7.24. The number of nitrogens with two attached hydrogens (primary N) is 1. The zero-order valence-corrected chi connectivity index (χ0v) is 12.3. The van der Waals surface area contributed by atoms with E-state index in [-0.39, 0.29) is 30.3 Å². The van der Waals surface area contributed by atoms with Gasteiger partial charge in [0.1, 0.15) is 0 Å². The maximum Gasteiger partial charge on any atom is 0.239 e. The molecule has 0 bridgehead atoms. The predicted octanol–water partition coefficient (Wildman–Crippen LogP) is 0.735. The Morgan fingerprint density at radius 2 is 2.05 bits per heavy atom. The van der Waals surface area contributed by atoms with Gasteiger partial charge in [0.25, 0.3) is 0 Å². The van der Waals surface area contributed by atoms with Crippen LogP contribution in [0.15, 0.2) is 0 Å². The van der Waals surface area contributed by atoms with Crippen LogP contribution >= 0.6 is 0 Å². The van der Waals surface area contributed by atoms with Crippen molar-refractivity contribution in [3.05, 3.63) is 0 Å². The number of likely N-dealkylation sites (N-methyl/N-ethyl adjacent to an activating group) is 1. The Balaban J connectivity index is 2.63. The van der Waals surface area contributed by atoms with Crippen LogP contribution in [-0.4, -0.2) is 42.9 Å². The molecule has 0 heterocycles. The number of carbonyl (C=O) groups excluding carboxylic acids is 2. The molecule has 0 spiro atoms. The molecule has 19 heavy (non-hydrogen) atoms. The van der Waals surface area contributed by atoms with E-state index in [1.807, 2.05) is 6.92 Å². The SMILES string of the molecule is CCCN(CC(=O)NC)C(=O)C1CCC(C)C(N)C1. The molecule has 1 fully saturated rings. The Bertz CT molecular complexity index is 320. The summed E-state index contributed by atoms with van der Waals surface area (Å²) in [5.74, 6) is 0.452. The molecular formula is C14H27N3O2. The molecule has 3 unspecified atom stereocenters. The van der Waals surface area contributed by atoms with Gasteiger partial charge in [-0.25, -0.2) is 0 Å². The Morgan fingerprint density at radius 3 is 2.58 bits per heavy atom. The Morgan fingerprint density at radius 1 is 1.37 bits per heavy atom. The molecule has 1 aliphatic rings. The minimum Gasteiger partial charge on any atom is -0.358 e. The van der Waals surface area contributed by atoms with Crippen LogP contribution < -0.4 is 11.1 Å². The van der Waals surface area contributed by atoms with E-state index < -0.39 is 0 Å². The Hall–Kier alpha value is -1.10. The van der Waals surface area contributed by atoms with Gasteiger partial charge >= 0.3 is 0 Å². The summed E-state index contributed by atoms with van der Waals surface area (Å²) in [5, 5.41) is 2.57. The van der Waals surface area contributed by atoms with Gasteiger partial charge in [-0.15, -0.1) is 0 Å². The molecule has 5 nitrogen and oxygen atoms in total. The van der Waals surface area contributed by atoms with Gasteiger partial charge in [-0.3, -0.25) is 9.59 Å². The van der Waals surface area contributed by atoms with Gasteiger partial charge in [-0.1, -0.05) is 13.8 Å². The molecule has 1 aliphatic carbocycles. The Labute approximate surface area is 115 Å². The number of carbonyl (C=O) groups is 2. The summed E-state index contributed by atoms with van der Waals surface area (Å²) in [7, 11) is 1.59. The zero-order chi connectivity index (χ0) is 14.4. The summed E-state index contributed by atoms with van der Waals surface area (Å²) in [5.41, 5.74) is 6.06. The van der Waals surface area contributed by atoms with E-state index in [1.165, 1.54) is 0 Å². The lowest BCUT2D eigenvalue weighted by atomic mass is 9.79. The largest absolute Gasteiger partial charge is 0.358 e. The van der Waals surface area contributed by atoms with E-state index in [4.69, 9.17) is 5.73 Å². The highest BCUT2D eigenvalue weighted by molar-refractivity contribution is 5.85. The third-order valence-corrected chi connectivity index (χ3v) is 4.03. The van der Waals surface area contributed by atoms with Crippen molar-refractivity contribution in [3.8, 4) is 0 Å². The first-order valence-electron chi connectivity index (χ1n) is 7.24. The number of nitrogens with one attached hydrogen (secondary N) is 1. The predicted molar refractivity (Wildman–Crippen MR) is 75.4 cm³/mol. The third-order valence-electron chi connectivity index (χ3n) is 4.03. The lowest BCUT2D eigenvalue weighted by molar-refractivity contribution is -0.140. The summed E-state index contributed by atoms with van der Waals surface area (Å²) in [4.78, 5) is 25.6. The molecule has 0 aromatic carbocycles. The van der Waals surface area contributed by atoms with Crippen LogP contribution in [0.4, 0.5) is 0 Å². The summed E-state index contributed by atoms with van der Waals surface area (Å²) in [6, 6.07) is 0.103. The highest BCUT2D eigenvalue weighted by Gasteiger charge is 2.32. The van der Waals surface area contributed by atoms with Crippen molar-refractivity contribution in [3.63, 3.8) is 0 Å². The molecule has 1 rings (SSSR count). The second-order valence-electron chi connectivity index (χ2n) is 5.58. The van der Waals surface area contributed by atoms with Gasteiger partial charge in [0.2, 0.25) is 11.8 Å². The normalized spacial score (nSPS) is 26.8. The zero-order valence-electron chi connectivity index (χ0n) is 12.3. The van der Waals surface area contributed by atoms with Crippen molar-refractivity contribution in [1.29, 1.82) is 0 Å². The fourth-order valence-corrected chi connectivity index (χ4v) is 2.63. The molecule has 5 heteroatoms. The lowest BCUT2D eigenvalue weighted by Gasteiger charge is -2.34. The van der Waals surface area contributed by atoms with E-state index in [9.17, 15) is 9.59 Å². The van der Waals surface area contributed by atoms with Crippen LogP contribution in [0.2, 0.25) is 0 Å². The van der Waals surface area contributed by atoms with Crippen LogP contribution in [0.25, 0.3) is 0 Å². The fraction of sp³-hybridized carbons (Fsp3) is 0.857. The average Bonchev–Trinajstić information content (AvgIpc) is 2.40. The fourth-order valence-electron chi connectivity index (χ4n) is 2.63. The molecule has 0 radical (unpaired) electrons. The van der Waals surface area contributed by atoms with E-state index in [0.717, 1.165) is 25.7 Å². The van der Waals surface area contributed by atoms with Gasteiger partial charge in [0.15, 0.2) is 0 Å². The van der Waals surface area contributed by atoms with Crippen LogP contribution in [0.5, 0.6) is 0 Å². The summed E-state index contributed by atoms with van der Waals surface area (Å²) in [6.45, 7) is 4.94. The number of hydrogen-bond donors (Lipinski definition) is 2. The van der Waals surface area contributed by atoms with Crippen molar-refractivity contribution in [2.24, 2.45) is 17.6 Å². The molecule has 0 aliphatic heterocycles. The molecule has 2 amide bonds. The third kappa shape index (κ3) is 4.49. The highest BCUT2D eigenvalue weighted by atomic mass is 16.2. The maximum absolute atomic E-state index is 12.5. The Kier molecular flexibility index (Phi) is 6.28. The van der Waals surface area contributed by atoms with Crippen LogP contribution in [0.1, 0.15) is 39.5 Å². The van der Waals surface area contributed by atoms with Gasteiger partial charge in [0, 0.05) is 25.6 Å². The van der Waals surface area contributed by atoms with Crippen LogP contribution in [0.3, 0.4) is 0 Å². The number of amides is 2. The molecule has 3 atom stereocenters. The van der Waals surface area contributed by atoms with E-state index in [1.54, 1.807) is 11.9 Å². The number of nitrogens with zero attached hydrogens (tertiary/aromatic N) is 1. The number of hydrogen-bond acceptors (Lipinski definition) is 3.